The Bertz CT molecular complexity index is 1100. The molecule has 28 heavy (non-hydrogen) atoms. The SMILES string of the molecule is O=S(=O)(Nc1ncccn1)c1ccc(NC(=S)Nc2ccc(Br)c(Cl)c2)cc1. The van der Waals surface area contributed by atoms with E-state index >= 15 is 0 Å². The molecule has 7 nitrogen and oxygen atoms in total. The molecule has 1 heterocycles. The number of nitrogens with one attached hydrogen (secondary N) is 3. The predicted octanol–water partition coefficient (Wildman–Crippen LogP) is 4.50. The summed E-state index contributed by atoms with van der Waals surface area (Å²) in [6.45, 7) is 0. The van der Waals surface area contributed by atoms with Crippen LogP contribution in [-0.4, -0.2) is 23.5 Å². The number of hydrogen-bond acceptors (Lipinski definition) is 5. The molecular formula is C17H13BrClN5O2S2. The summed E-state index contributed by atoms with van der Waals surface area (Å²) in [6, 6.07) is 13.0. The number of sulfonamides is 1. The summed E-state index contributed by atoms with van der Waals surface area (Å²) in [7, 11) is -3.79. The van der Waals surface area contributed by atoms with Crippen LogP contribution in [0.15, 0.2) is 70.3 Å². The standard InChI is InChI=1S/C17H13BrClN5O2S2/c18-14-7-4-12(10-15(14)19)23-17(27)22-11-2-5-13(6-3-11)28(25,26)24-16-20-8-1-9-21-16/h1-10H,(H,20,21,24)(H2,22,23,27). The highest BCUT2D eigenvalue weighted by molar-refractivity contribution is 9.10. The summed E-state index contributed by atoms with van der Waals surface area (Å²) in [5.74, 6) is 0.00300. The highest BCUT2D eigenvalue weighted by atomic mass is 79.9. The lowest BCUT2D eigenvalue weighted by Gasteiger charge is -2.12. The Morgan fingerprint density at radius 1 is 1.00 bits per heavy atom. The second kappa shape index (κ2) is 8.82. The molecule has 0 aliphatic heterocycles. The van der Waals surface area contributed by atoms with E-state index in [0.717, 1.165) is 10.2 Å². The third kappa shape index (κ3) is 5.38. The maximum atomic E-state index is 12.4. The van der Waals surface area contributed by atoms with Crippen molar-refractivity contribution in [2.45, 2.75) is 4.90 Å². The molecular weight excluding hydrogens is 486 g/mol. The minimum Gasteiger partial charge on any atom is -0.332 e. The summed E-state index contributed by atoms with van der Waals surface area (Å²) in [4.78, 5) is 7.77. The van der Waals surface area contributed by atoms with Crippen LogP contribution in [0.5, 0.6) is 0 Å². The number of aromatic nitrogens is 2. The Balaban J connectivity index is 1.65. The van der Waals surface area contributed by atoms with Crippen molar-refractivity contribution in [3.63, 3.8) is 0 Å². The number of benzene rings is 2. The molecule has 0 bridgehead atoms. The van der Waals surface area contributed by atoms with Crippen molar-refractivity contribution in [2.75, 3.05) is 15.4 Å². The average Bonchev–Trinajstić information content (AvgIpc) is 2.65. The van der Waals surface area contributed by atoms with Crippen molar-refractivity contribution in [3.8, 4) is 0 Å². The zero-order valence-corrected chi connectivity index (χ0v) is 18.0. The van der Waals surface area contributed by atoms with E-state index in [0.29, 0.717) is 15.8 Å². The van der Waals surface area contributed by atoms with Crippen molar-refractivity contribution in [2.24, 2.45) is 0 Å². The van der Waals surface area contributed by atoms with E-state index in [4.69, 9.17) is 23.8 Å². The highest BCUT2D eigenvalue weighted by Gasteiger charge is 2.15. The second-order valence-electron chi connectivity index (χ2n) is 5.41. The van der Waals surface area contributed by atoms with E-state index in [1.165, 1.54) is 24.5 Å². The van der Waals surface area contributed by atoms with Crippen molar-refractivity contribution in [1.29, 1.82) is 0 Å². The third-order valence-electron chi connectivity index (χ3n) is 3.39. The quantitative estimate of drug-likeness (QED) is 0.446. The Morgan fingerprint density at radius 2 is 1.61 bits per heavy atom. The van der Waals surface area contributed by atoms with Gasteiger partial charge in [-0.3, -0.25) is 0 Å². The van der Waals surface area contributed by atoms with Gasteiger partial charge in [-0.25, -0.2) is 23.1 Å². The molecule has 0 unspecified atom stereocenters. The van der Waals surface area contributed by atoms with Crippen LogP contribution in [0.2, 0.25) is 5.02 Å². The summed E-state index contributed by atoms with van der Waals surface area (Å²) in [6.07, 6.45) is 2.90. The molecule has 2 aromatic carbocycles. The number of thiocarbonyl (C=S) groups is 1. The van der Waals surface area contributed by atoms with E-state index < -0.39 is 10.0 Å². The van der Waals surface area contributed by atoms with E-state index in [-0.39, 0.29) is 10.8 Å². The zero-order chi connectivity index (χ0) is 20.1. The lowest BCUT2D eigenvalue weighted by molar-refractivity contribution is 0.601. The molecule has 144 valence electrons. The highest BCUT2D eigenvalue weighted by Crippen LogP contribution is 2.25. The van der Waals surface area contributed by atoms with Gasteiger partial charge in [0.05, 0.1) is 9.92 Å². The molecule has 0 aliphatic rings. The van der Waals surface area contributed by atoms with Gasteiger partial charge in [0, 0.05) is 28.2 Å². The van der Waals surface area contributed by atoms with Crippen molar-refractivity contribution >= 4 is 72.2 Å². The molecule has 11 heteroatoms. The number of anilines is 3. The van der Waals surface area contributed by atoms with Gasteiger partial charge < -0.3 is 10.6 Å². The Kier molecular flexibility index (Phi) is 6.45. The number of rotatable bonds is 5. The smallest absolute Gasteiger partial charge is 0.264 e. The molecule has 0 atom stereocenters. The van der Waals surface area contributed by atoms with Gasteiger partial charge in [-0.2, -0.15) is 0 Å². The first kappa shape index (κ1) is 20.5. The zero-order valence-electron chi connectivity index (χ0n) is 14.1. The minimum atomic E-state index is -3.79. The second-order valence-corrected chi connectivity index (χ2v) is 8.76. The van der Waals surface area contributed by atoms with Gasteiger partial charge in [-0.1, -0.05) is 11.6 Å². The largest absolute Gasteiger partial charge is 0.332 e. The lowest BCUT2D eigenvalue weighted by atomic mass is 10.3. The molecule has 0 saturated heterocycles. The van der Waals surface area contributed by atoms with Crippen LogP contribution in [0, 0.1) is 0 Å². The van der Waals surface area contributed by atoms with Crippen LogP contribution < -0.4 is 15.4 Å². The fourth-order valence-corrected chi connectivity index (χ4v) is 3.74. The molecule has 3 N–H and O–H groups in total. The minimum absolute atomic E-state index is 0.00300. The van der Waals surface area contributed by atoms with Crippen LogP contribution in [0.4, 0.5) is 17.3 Å². The van der Waals surface area contributed by atoms with E-state index in [1.54, 1.807) is 30.3 Å². The van der Waals surface area contributed by atoms with Gasteiger partial charge >= 0.3 is 0 Å². The summed E-state index contributed by atoms with van der Waals surface area (Å²) < 4.78 is 27.8. The van der Waals surface area contributed by atoms with Crippen molar-refractivity contribution < 1.29 is 8.42 Å². The molecule has 3 rings (SSSR count). The van der Waals surface area contributed by atoms with Crippen LogP contribution in [0.3, 0.4) is 0 Å². The van der Waals surface area contributed by atoms with Gasteiger partial charge in [0.15, 0.2) is 5.11 Å². The van der Waals surface area contributed by atoms with Gasteiger partial charge in [-0.05, 0) is 76.7 Å². The Morgan fingerprint density at radius 3 is 2.25 bits per heavy atom. The molecule has 0 aliphatic carbocycles. The molecule has 0 radical (unpaired) electrons. The van der Waals surface area contributed by atoms with Gasteiger partial charge in [-0.15, -0.1) is 0 Å². The normalized spacial score (nSPS) is 10.9. The van der Waals surface area contributed by atoms with Gasteiger partial charge in [0.25, 0.3) is 10.0 Å². The van der Waals surface area contributed by atoms with Crippen LogP contribution in [-0.2, 0) is 10.0 Å². The lowest BCUT2D eigenvalue weighted by Crippen LogP contribution is -2.19. The van der Waals surface area contributed by atoms with Crippen LogP contribution in [0.1, 0.15) is 0 Å². The van der Waals surface area contributed by atoms with Gasteiger partial charge in [0.2, 0.25) is 5.95 Å². The van der Waals surface area contributed by atoms with Gasteiger partial charge in [0.1, 0.15) is 0 Å². The molecule has 1 aromatic heterocycles. The van der Waals surface area contributed by atoms with Crippen molar-refractivity contribution in [1.82, 2.24) is 9.97 Å². The maximum Gasteiger partial charge on any atom is 0.264 e. The Labute approximate surface area is 180 Å². The van der Waals surface area contributed by atoms with Crippen molar-refractivity contribution in [3.05, 3.63) is 70.4 Å². The monoisotopic (exact) mass is 497 g/mol. The van der Waals surface area contributed by atoms with E-state index in [1.807, 2.05) is 6.07 Å². The number of hydrogen-bond donors (Lipinski definition) is 3. The molecule has 0 saturated carbocycles. The van der Waals surface area contributed by atoms with Crippen LogP contribution in [0.25, 0.3) is 0 Å². The predicted molar refractivity (Wildman–Crippen MR) is 118 cm³/mol. The molecule has 0 amide bonds. The summed E-state index contributed by atoms with van der Waals surface area (Å²) >= 11 is 14.6. The molecule has 3 aromatic rings. The number of halogens is 2. The topological polar surface area (TPSA) is 96.0 Å². The number of nitrogens with zero attached hydrogens (tertiary/aromatic N) is 2. The molecule has 0 fully saturated rings. The molecule has 0 spiro atoms. The van der Waals surface area contributed by atoms with E-state index in [9.17, 15) is 8.42 Å². The third-order valence-corrected chi connectivity index (χ3v) is 6.17. The first-order chi connectivity index (χ1) is 13.3. The fourth-order valence-electron chi connectivity index (χ4n) is 2.12. The Hall–Kier alpha value is -2.27. The van der Waals surface area contributed by atoms with Crippen LogP contribution >= 0.6 is 39.7 Å². The average molecular weight is 499 g/mol. The summed E-state index contributed by atoms with van der Waals surface area (Å²) in [5, 5.41) is 6.87. The summed E-state index contributed by atoms with van der Waals surface area (Å²) in [5.41, 5.74) is 1.34. The van der Waals surface area contributed by atoms with E-state index in [2.05, 4.69) is 41.3 Å². The first-order valence-electron chi connectivity index (χ1n) is 7.76. The first-order valence-corrected chi connectivity index (χ1v) is 10.8. The maximum absolute atomic E-state index is 12.4. The fraction of sp³-hybridized carbons (Fsp3) is 0.